The number of carbonyl (C=O) groups is 1. The van der Waals surface area contributed by atoms with Crippen molar-refractivity contribution in [1.82, 2.24) is 4.57 Å². The number of rotatable bonds is 3. The van der Waals surface area contributed by atoms with Crippen molar-refractivity contribution < 1.29 is 29.6 Å². The molecule has 0 radical (unpaired) electrons. The molecule has 3 N–H and O–H groups in total. The SMILES string of the molecule is CC1C(O)C(C(=O)O)OC(N2C(=S)OC(C)(C)c3cc(-c4ccc(C#N)n4C)ccc32)C1O. The predicted molar refractivity (Wildman–Crippen MR) is 122 cm³/mol. The van der Waals surface area contributed by atoms with E-state index in [2.05, 4.69) is 6.07 Å². The molecule has 0 saturated carbocycles. The van der Waals surface area contributed by atoms with Gasteiger partial charge < -0.3 is 29.4 Å². The minimum Gasteiger partial charge on any atom is -0.479 e. The number of ether oxygens (including phenoxy) is 2. The lowest BCUT2D eigenvalue weighted by Gasteiger charge is -2.49. The first-order valence-electron chi connectivity index (χ1n) is 10.4. The third kappa shape index (κ3) is 3.67. The number of anilines is 1. The number of carboxylic acids is 1. The lowest BCUT2D eigenvalue weighted by molar-refractivity contribution is -0.207. The van der Waals surface area contributed by atoms with E-state index in [1.807, 2.05) is 38.1 Å². The molecule has 10 heteroatoms. The van der Waals surface area contributed by atoms with Gasteiger partial charge in [0.25, 0.3) is 5.17 Å². The van der Waals surface area contributed by atoms with E-state index < -0.39 is 42.0 Å². The van der Waals surface area contributed by atoms with E-state index >= 15 is 0 Å². The van der Waals surface area contributed by atoms with Crippen molar-refractivity contribution >= 4 is 29.0 Å². The summed E-state index contributed by atoms with van der Waals surface area (Å²) in [5.41, 5.74) is 2.73. The molecule has 0 spiro atoms. The highest BCUT2D eigenvalue weighted by Crippen LogP contribution is 2.44. The van der Waals surface area contributed by atoms with Crippen molar-refractivity contribution in [2.75, 3.05) is 4.90 Å². The highest BCUT2D eigenvalue weighted by molar-refractivity contribution is 7.80. The molecule has 0 aliphatic carbocycles. The molecule has 2 aliphatic rings. The van der Waals surface area contributed by atoms with Crippen LogP contribution in [-0.4, -0.2) is 55.6 Å². The molecule has 1 aromatic carbocycles. The Bertz CT molecular complexity index is 1170. The number of fused-ring (bicyclic) bond motifs is 1. The van der Waals surface area contributed by atoms with Gasteiger partial charge in [0.1, 0.15) is 23.5 Å². The minimum absolute atomic E-state index is 0.0302. The van der Waals surface area contributed by atoms with Crippen LogP contribution in [0, 0.1) is 17.2 Å². The van der Waals surface area contributed by atoms with Crippen molar-refractivity contribution in [1.29, 1.82) is 5.26 Å². The van der Waals surface area contributed by atoms with Gasteiger partial charge in [-0.2, -0.15) is 5.26 Å². The Morgan fingerprint density at radius 1 is 1.21 bits per heavy atom. The number of carboxylic acid groups (broad SMARTS) is 1. The fraction of sp³-hybridized carbons (Fsp3) is 0.435. The zero-order valence-electron chi connectivity index (χ0n) is 18.6. The van der Waals surface area contributed by atoms with Crippen LogP contribution in [0.4, 0.5) is 5.69 Å². The Balaban J connectivity index is 1.81. The summed E-state index contributed by atoms with van der Waals surface area (Å²) in [5, 5.41) is 40.0. The van der Waals surface area contributed by atoms with Gasteiger partial charge in [0.2, 0.25) is 0 Å². The van der Waals surface area contributed by atoms with Gasteiger partial charge in [0.05, 0.1) is 11.8 Å². The van der Waals surface area contributed by atoms with E-state index in [-0.39, 0.29) is 5.17 Å². The van der Waals surface area contributed by atoms with Crippen molar-refractivity contribution in [2.24, 2.45) is 13.0 Å². The number of aliphatic hydroxyl groups is 2. The Morgan fingerprint density at radius 2 is 1.91 bits per heavy atom. The number of thiocarbonyl (C=S) groups is 1. The third-order valence-electron chi connectivity index (χ3n) is 6.44. The normalized spacial score (nSPS) is 28.6. The molecule has 0 amide bonds. The van der Waals surface area contributed by atoms with Gasteiger partial charge in [-0.3, -0.25) is 4.90 Å². The van der Waals surface area contributed by atoms with Gasteiger partial charge in [0.15, 0.2) is 12.3 Å². The van der Waals surface area contributed by atoms with E-state index in [1.165, 1.54) is 4.90 Å². The van der Waals surface area contributed by atoms with Crippen LogP contribution in [0.1, 0.15) is 32.0 Å². The standard InChI is InChI=1S/C23H25N3O6S/c1-11-17(27)19(21(29)30)31-20(18(11)28)26-16-7-5-12(15-8-6-13(10-24)25(15)4)9-14(16)23(2,3)32-22(26)33/h5-9,11,17-20,27-28H,1-4H3,(H,29,30). The van der Waals surface area contributed by atoms with Crippen molar-refractivity contribution in [3.63, 3.8) is 0 Å². The van der Waals surface area contributed by atoms with Crippen LogP contribution in [0.3, 0.4) is 0 Å². The topological polar surface area (TPSA) is 128 Å². The molecule has 5 unspecified atom stereocenters. The summed E-state index contributed by atoms with van der Waals surface area (Å²) in [6.45, 7) is 5.27. The number of aliphatic hydroxyl groups excluding tert-OH is 2. The summed E-state index contributed by atoms with van der Waals surface area (Å²) in [4.78, 5) is 13.1. The molecular formula is C23H25N3O6S. The molecule has 2 aromatic rings. The fourth-order valence-electron chi connectivity index (χ4n) is 4.43. The second kappa shape index (κ2) is 8.11. The Hall–Kier alpha value is -2.97. The van der Waals surface area contributed by atoms with Gasteiger partial charge in [0, 0.05) is 24.2 Å². The van der Waals surface area contributed by atoms with E-state index in [9.17, 15) is 25.4 Å². The maximum Gasteiger partial charge on any atom is 0.335 e. The largest absolute Gasteiger partial charge is 0.479 e. The third-order valence-corrected chi connectivity index (χ3v) is 6.72. The van der Waals surface area contributed by atoms with Gasteiger partial charge in [-0.05, 0) is 55.9 Å². The number of benzene rings is 1. The zero-order chi connectivity index (χ0) is 24.2. The molecule has 1 aromatic heterocycles. The summed E-state index contributed by atoms with van der Waals surface area (Å²) >= 11 is 5.49. The average molecular weight is 472 g/mol. The van der Waals surface area contributed by atoms with Crippen LogP contribution in [0.2, 0.25) is 0 Å². The molecule has 3 heterocycles. The van der Waals surface area contributed by atoms with Crippen molar-refractivity contribution in [3.05, 3.63) is 41.6 Å². The molecule has 1 fully saturated rings. The molecule has 1 saturated heterocycles. The first kappa shape index (κ1) is 23.2. The quantitative estimate of drug-likeness (QED) is 0.577. The van der Waals surface area contributed by atoms with Crippen LogP contribution in [0.5, 0.6) is 0 Å². The van der Waals surface area contributed by atoms with Gasteiger partial charge in [-0.15, -0.1) is 0 Å². The number of nitrogens with zero attached hydrogens (tertiary/aromatic N) is 3. The number of hydrogen-bond acceptors (Lipinski definition) is 7. The second-order valence-electron chi connectivity index (χ2n) is 8.88. The lowest BCUT2D eigenvalue weighted by Crippen LogP contribution is -2.63. The maximum atomic E-state index is 11.7. The number of aliphatic carboxylic acids is 1. The highest BCUT2D eigenvalue weighted by atomic mass is 32.1. The fourth-order valence-corrected chi connectivity index (χ4v) is 4.84. The van der Waals surface area contributed by atoms with Crippen LogP contribution in [0.25, 0.3) is 11.3 Å². The van der Waals surface area contributed by atoms with Crippen molar-refractivity contribution in [2.45, 2.75) is 50.9 Å². The molecule has 5 atom stereocenters. The zero-order valence-corrected chi connectivity index (χ0v) is 19.4. The number of hydrogen-bond donors (Lipinski definition) is 3. The summed E-state index contributed by atoms with van der Waals surface area (Å²) in [5.74, 6) is -2.11. The van der Waals surface area contributed by atoms with E-state index in [0.717, 1.165) is 16.8 Å². The Morgan fingerprint density at radius 3 is 2.52 bits per heavy atom. The van der Waals surface area contributed by atoms with Crippen molar-refractivity contribution in [3.8, 4) is 17.3 Å². The van der Waals surface area contributed by atoms with Crippen LogP contribution in [-0.2, 0) is 26.9 Å². The molecular weight excluding hydrogens is 446 g/mol. The molecule has 2 aliphatic heterocycles. The molecule has 174 valence electrons. The van der Waals surface area contributed by atoms with Gasteiger partial charge in [-0.1, -0.05) is 13.0 Å². The predicted octanol–water partition coefficient (Wildman–Crippen LogP) is 2.09. The first-order chi connectivity index (χ1) is 15.5. The second-order valence-corrected chi connectivity index (χ2v) is 9.23. The molecule has 4 rings (SSSR count). The summed E-state index contributed by atoms with van der Waals surface area (Å²) in [7, 11) is 1.81. The Kier molecular flexibility index (Phi) is 5.70. The summed E-state index contributed by atoms with van der Waals surface area (Å²) in [6.07, 6.45) is -5.30. The summed E-state index contributed by atoms with van der Waals surface area (Å²) in [6, 6.07) is 11.3. The average Bonchev–Trinajstić information content (AvgIpc) is 3.13. The van der Waals surface area contributed by atoms with E-state index in [1.54, 1.807) is 24.6 Å². The smallest absolute Gasteiger partial charge is 0.335 e. The molecule has 33 heavy (non-hydrogen) atoms. The molecule has 9 nitrogen and oxygen atoms in total. The highest BCUT2D eigenvalue weighted by Gasteiger charge is 2.51. The van der Waals surface area contributed by atoms with Gasteiger partial charge in [-0.25, -0.2) is 4.79 Å². The minimum atomic E-state index is -1.53. The van der Waals surface area contributed by atoms with Crippen LogP contribution >= 0.6 is 12.2 Å². The van der Waals surface area contributed by atoms with E-state index in [4.69, 9.17) is 21.7 Å². The first-order valence-corrected chi connectivity index (χ1v) is 10.9. The number of nitriles is 1. The summed E-state index contributed by atoms with van der Waals surface area (Å²) < 4.78 is 13.5. The number of aromatic nitrogens is 1. The Labute approximate surface area is 196 Å². The monoisotopic (exact) mass is 471 g/mol. The molecule has 0 bridgehead atoms. The van der Waals surface area contributed by atoms with Crippen LogP contribution in [0.15, 0.2) is 30.3 Å². The lowest BCUT2D eigenvalue weighted by atomic mass is 9.87. The van der Waals surface area contributed by atoms with E-state index in [0.29, 0.717) is 11.4 Å². The van der Waals surface area contributed by atoms with Gasteiger partial charge >= 0.3 is 5.97 Å². The maximum absolute atomic E-state index is 11.7. The van der Waals surface area contributed by atoms with Crippen LogP contribution < -0.4 is 4.90 Å².